The van der Waals surface area contributed by atoms with Crippen molar-refractivity contribution in [1.29, 1.82) is 0 Å². The van der Waals surface area contributed by atoms with Crippen LogP contribution in [0.2, 0.25) is 0 Å². The number of ether oxygens (including phenoxy) is 1. The SMILES string of the molecule is CN(O)C(=O)Oc1ccccc1. The number of para-hydroxylation sites is 1. The van der Waals surface area contributed by atoms with Crippen molar-refractivity contribution in [1.82, 2.24) is 5.06 Å². The molecular weight excluding hydrogens is 158 g/mol. The van der Waals surface area contributed by atoms with Crippen LogP contribution in [-0.4, -0.2) is 23.4 Å². The summed E-state index contributed by atoms with van der Waals surface area (Å²) >= 11 is 0. The second-order valence-corrected chi connectivity index (χ2v) is 2.20. The molecule has 0 saturated carbocycles. The van der Waals surface area contributed by atoms with Crippen LogP contribution in [0.1, 0.15) is 0 Å². The molecule has 0 heterocycles. The molecule has 12 heavy (non-hydrogen) atoms. The third kappa shape index (κ3) is 2.25. The molecule has 1 N–H and O–H groups in total. The van der Waals surface area contributed by atoms with Gasteiger partial charge in [-0.3, -0.25) is 5.21 Å². The Hall–Kier alpha value is -1.55. The number of benzene rings is 1. The van der Waals surface area contributed by atoms with Gasteiger partial charge in [0.15, 0.2) is 0 Å². The summed E-state index contributed by atoms with van der Waals surface area (Å²) in [4.78, 5) is 10.8. The van der Waals surface area contributed by atoms with Gasteiger partial charge in [0.1, 0.15) is 5.75 Å². The van der Waals surface area contributed by atoms with Crippen LogP contribution in [0, 0.1) is 0 Å². The van der Waals surface area contributed by atoms with E-state index in [1.165, 1.54) is 7.05 Å². The minimum absolute atomic E-state index is 0.382. The Morgan fingerprint density at radius 2 is 2.00 bits per heavy atom. The fourth-order valence-electron chi connectivity index (χ4n) is 0.655. The van der Waals surface area contributed by atoms with Crippen LogP contribution in [0.4, 0.5) is 4.79 Å². The fraction of sp³-hybridized carbons (Fsp3) is 0.125. The second kappa shape index (κ2) is 3.73. The molecule has 1 rings (SSSR count). The van der Waals surface area contributed by atoms with Gasteiger partial charge in [0.2, 0.25) is 0 Å². The van der Waals surface area contributed by atoms with Crippen LogP contribution >= 0.6 is 0 Å². The average Bonchev–Trinajstić information content (AvgIpc) is 2.06. The third-order valence-corrected chi connectivity index (χ3v) is 1.21. The summed E-state index contributed by atoms with van der Waals surface area (Å²) in [7, 11) is 1.20. The summed E-state index contributed by atoms with van der Waals surface area (Å²) in [5, 5.41) is 9.02. The van der Waals surface area contributed by atoms with E-state index < -0.39 is 6.09 Å². The molecule has 0 aromatic heterocycles. The van der Waals surface area contributed by atoms with Crippen molar-refractivity contribution in [2.45, 2.75) is 0 Å². The minimum atomic E-state index is -0.804. The molecule has 0 bridgehead atoms. The van der Waals surface area contributed by atoms with Crippen LogP contribution in [0.15, 0.2) is 30.3 Å². The number of nitrogens with zero attached hydrogens (tertiary/aromatic N) is 1. The van der Waals surface area contributed by atoms with E-state index in [1.54, 1.807) is 30.3 Å². The van der Waals surface area contributed by atoms with Gasteiger partial charge in [-0.2, -0.15) is 5.06 Å². The zero-order chi connectivity index (χ0) is 8.97. The van der Waals surface area contributed by atoms with Crippen molar-refractivity contribution in [3.05, 3.63) is 30.3 Å². The molecule has 0 saturated heterocycles. The van der Waals surface area contributed by atoms with E-state index in [0.29, 0.717) is 10.8 Å². The lowest BCUT2D eigenvalue weighted by molar-refractivity contribution is -0.0371. The summed E-state index contributed by atoms with van der Waals surface area (Å²) in [6.45, 7) is 0. The predicted molar refractivity (Wildman–Crippen MR) is 42.0 cm³/mol. The second-order valence-electron chi connectivity index (χ2n) is 2.20. The molecule has 0 radical (unpaired) electrons. The number of hydrogen-bond donors (Lipinski definition) is 1. The largest absolute Gasteiger partial charge is 0.438 e. The summed E-state index contributed by atoms with van der Waals surface area (Å²) < 4.78 is 4.71. The van der Waals surface area contributed by atoms with Crippen molar-refractivity contribution >= 4 is 6.09 Å². The Morgan fingerprint density at radius 1 is 1.42 bits per heavy atom. The van der Waals surface area contributed by atoms with E-state index in [1.807, 2.05) is 0 Å². The molecule has 1 amide bonds. The van der Waals surface area contributed by atoms with E-state index in [-0.39, 0.29) is 0 Å². The molecule has 0 aliphatic rings. The van der Waals surface area contributed by atoms with Crippen LogP contribution in [0.3, 0.4) is 0 Å². The first-order chi connectivity index (χ1) is 5.70. The molecule has 0 aliphatic heterocycles. The Labute approximate surface area is 69.9 Å². The first-order valence-corrected chi connectivity index (χ1v) is 3.39. The molecule has 64 valence electrons. The van der Waals surface area contributed by atoms with Crippen molar-refractivity contribution in [2.75, 3.05) is 7.05 Å². The predicted octanol–water partition coefficient (Wildman–Crippen LogP) is 1.51. The highest BCUT2D eigenvalue weighted by Gasteiger charge is 2.06. The maximum Gasteiger partial charge on any atom is 0.438 e. The lowest BCUT2D eigenvalue weighted by atomic mass is 10.3. The van der Waals surface area contributed by atoms with Crippen LogP contribution in [-0.2, 0) is 0 Å². The molecule has 1 aromatic carbocycles. The molecule has 4 nitrogen and oxygen atoms in total. The van der Waals surface area contributed by atoms with Gasteiger partial charge in [0.05, 0.1) is 0 Å². The fourth-order valence-corrected chi connectivity index (χ4v) is 0.655. The van der Waals surface area contributed by atoms with E-state index in [0.717, 1.165) is 0 Å². The van der Waals surface area contributed by atoms with Gasteiger partial charge >= 0.3 is 6.09 Å². The minimum Gasteiger partial charge on any atom is -0.409 e. The van der Waals surface area contributed by atoms with E-state index in [2.05, 4.69) is 0 Å². The molecular formula is C8H9NO3. The zero-order valence-corrected chi connectivity index (χ0v) is 6.60. The Kier molecular flexibility index (Phi) is 2.66. The zero-order valence-electron chi connectivity index (χ0n) is 6.60. The number of rotatable bonds is 1. The standard InChI is InChI=1S/C8H9NO3/c1-9(11)8(10)12-7-5-3-2-4-6-7/h2-6,11H,1H3. The highest BCUT2D eigenvalue weighted by Crippen LogP contribution is 2.08. The normalized spacial score (nSPS) is 9.17. The molecule has 1 aromatic rings. The van der Waals surface area contributed by atoms with Gasteiger partial charge in [-0.1, -0.05) is 18.2 Å². The molecule has 0 spiro atoms. The highest BCUT2D eigenvalue weighted by atomic mass is 16.6. The first-order valence-electron chi connectivity index (χ1n) is 3.39. The Bertz CT molecular complexity index is 258. The van der Waals surface area contributed by atoms with Crippen LogP contribution in [0.5, 0.6) is 5.75 Å². The van der Waals surface area contributed by atoms with Gasteiger partial charge < -0.3 is 4.74 Å². The van der Waals surface area contributed by atoms with Crippen molar-refractivity contribution in [3.8, 4) is 5.75 Å². The quantitative estimate of drug-likeness (QED) is 0.509. The number of hydroxylamine groups is 2. The lowest BCUT2D eigenvalue weighted by Gasteiger charge is -2.08. The average molecular weight is 167 g/mol. The monoisotopic (exact) mass is 167 g/mol. The van der Waals surface area contributed by atoms with Gasteiger partial charge in [0, 0.05) is 7.05 Å². The van der Waals surface area contributed by atoms with Crippen molar-refractivity contribution in [3.63, 3.8) is 0 Å². The van der Waals surface area contributed by atoms with Crippen LogP contribution in [0.25, 0.3) is 0 Å². The smallest absolute Gasteiger partial charge is 0.409 e. The summed E-state index contributed by atoms with van der Waals surface area (Å²) in [5.74, 6) is 0.406. The van der Waals surface area contributed by atoms with Crippen molar-refractivity contribution < 1.29 is 14.7 Å². The molecule has 0 aliphatic carbocycles. The Morgan fingerprint density at radius 3 is 2.50 bits per heavy atom. The number of hydrogen-bond acceptors (Lipinski definition) is 3. The molecule has 0 atom stereocenters. The highest BCUT2D eigenvalue weighted by molar-refractivity contribution is 5.68. The number of carbonyl (C=O) groups is 1. The first kappa shape index (κ1) is 8.55. The molecule has 0 unspecified atom stereocenters. The van der Waals surface area contributed by atoms with Gasteiger partial charge in [-0.05, 0) is 12.1 Å². The number of carbonyl (C=O) groups excluding carboxylic acids is 1. The maximum atomic E-state index is 10.8. The third-order valence-electron chi connectivity index (χ3n) is 1.21. The maximum absolute atomic E-state index is 10.8. The Balaban J connectivity index is 2.59. The molecule has 0 fully saturated rings. The van der Waals surface area contributed by atoms with E-state index >= 15 is 0 Å². The molecule has 4 heteroatoms. The summed E-state index contributed by atoms with van der Waals surface area (Å²) in [6.07, 6.45) is -0.804. The lowest BCUT2D eigenvalue weighted by Crippen LogP contribution is -2.25. The van der Waals surface area contributed by atoms with Crippen LogP contribution < -0.4 is 4.74 Å². The topological polar surface area (TPSA) is 49.8 Å². The summed E-state index contributed by atoms with van der Waals surface area (Å²) in [5.41, 5.74) is 0. The van der Waals surface area contributed by atoms with E-state index in [4.69, 9.17) is 9.94 Å². The summed E-state index contributed by atoms with van der Waals surface area (Å²) in [6, 6.07) is 8.53. The van der Waals surface area contributed by atoms with Gasteiger partial charge in [-0.25, -0.2) is 4.79 Å². The van der Waals surface area contributed by atoms with Crippen molar-refractivity contribution in [2.24, 2.45) is 0 Å². The van der Waals surface area contributed by atoms with Gasteiger partial charge in [-0.15, -0.1) is 0 Å². The number of amides is 1. The van der Waals surface area contributed by atoms with E-state index in [9.17, 15) is 4.79 Å². The van der Waals surface area contributed by atoms with Gasteiger partial charge in [0.25, 0.3) is 0 Å².